The summed E-state index contributed by atoms with van der Waals surface area (Å²) >= 11 is 0. The van der Waals surface area contributed by atoms with Gasteiger partial charge in [0.25, 0.3) is 0 Å². The van der Waals surface area contributed by atoms with Gasteiger partial charge in [-0.1, -0.05) is 0 Å². The van der Waals surface area contributed by atoms with E-state index in [4.69, 9.17) is 0 Å². The van der Waals surface area contributed by atoms with Crippen molar-refractivity contribution in [2.45, 2.75) is 25.2 Å². The maximum atomic E-state index is 13.5. The first kappa shape index (κ1) is 13.7. The molecular weight excluding hydrogens is 283 g/mol. The molecule has 110 valence electrons. The van der Waals surface area contributed by atoms with Crippen LogP contribution in [0.5, 0.6) is 0 Å². The van der Waals surface area contributed by atoms with E-state index in [9.17, 15) is 18.0 Å². The van der Waals surface area contributed by atoms with Crippen LogP contribution in [0.2, 0.25) is 0 Å². The van der Waals surface area contributed by atoms with Gasteiger partial charge in [0.1, 0.15) is 5.82 Å². The molecule has 0 atom stereocenters. The van der Waals surface area contributed by atoms with E-state index in [1.165, 1.54) is 0 Å². The number of carbonyl (C=O) groups excluding carboxylic acids is 1. The molecule has 0 saturated heterocycles. The van der Waals surface area contributed by atoms with E-state index in [2.05, 4.69) is 15.5 Å². The number of carbonyl (C=O) groups is 1. The summed E-state index contributed by atoms with van der Waals surface area (Å²) in [4.78, 5) is 11.8. The van der Waals surface area contributed by atoms with Crippen molar-refractivity contribution in [3.05, 3.63) is 46.9 Å². The molecular formula is C14H12F3N3O. The second-order valence-corrected chi connectivity index (χ2v) is 5.03. The lowest BCUT2D eigenvalue weighted by molar-refractivity contribution is -0.115. The van der Waals surface area contributed by atoms with Gasteiger partial charge in [0.15, 0.2) is 17.5 Å². The molecule has 2 aromatic rings. The molecule has 1 aromatic carbocycles. The molecule has 2 N–H and O–H groups in total. The summed E-state index contributed by atoms with van der Waals surface area (Å²) in [6, 6.07) is 3.16. The number of H-pyrrole nitrogens is 1. The molecule has 3 rings (SSSR count). The number of nitrogens with one attached hydrogen (secondary N) is 2. The van der Waals surface area contributed by atoms with Gasteiger partial charge < -0.3 is 5.32 Å². The predicted molar refractivity (Wildman–Crippen MR) is 69.2 cm³/mol. The van der Waals surface area contributed by atoms with Crippen molar-refractivity contribution in [3.8, 4) is 0 Å². The molecule has 0 aliphatic heterocycles. The van der Waals surface area contributed by atoms with Gasteiger partial charge in [0, 0.05) is 23.2 Å². The van der Waals surface area contributed by atoms with E-state index in [0.717, 1.165) is 24.6 Å². The van der Waals surface area contributed by atoms with Crippen LogP contribution < -0.4 is 5.32 Å². The molecule has 1 fully saturated rings. The number of benzene rings is 1. The van der Waals surface area contributed by atoms with Crippen LogP contribution in [0.15, 0.2) is 18.2 Å². The first-order valence-corrected chi connectivity index (χ1v) is 6.52. The Labute approximate surface area is 118 Å². The highest BCUT2D eigenvalue weighted by Gasteiger charge is 2.26. The Morgan fingerprint density at radius 1 is 1.29 bits per heavy atom. The summed E-state index contributed by atoms with van der Waals surface area (Å²) in [6.45, 7) is 0. The number of amides is 1. The van der Waals surface area contributed by atoms with Gasteiger partial charge in [-0.2, -0.15) is 5.10 Å². The molecule has 0 unspecified atom stereocenters. The molecule has 1 saturated carbocycles. The molecule has 21 heavy (non-hydrogen) atoms. The van der Waals surface area contributed by atoms with Crippen LogP contribution in [0.1, 0.15) is 30.0 Å². The Morgan fingerprint density at radius 3 is 2.71 bits per heavy atom. The molecule has 0 radical (unpaired) electrons. The number of aromatic amines is 1. The lowest BCUT2D eigenvalue weighted by atomic mass is 10.1. The van der Waals surface area contributed by atoms with Gasteiger partial charge in [-0.05, 0) is 25.0 Å². The fourth-order valence-electron chi connectivity index (χ4n) is 2.08. The Kier molecular flexibility index (Phi) is 3.40. The lowest BCUT2D eigenvalue weighted by Gasteiger charge is -2.05. The van der Waals surface area contributed by atoms with E-state index < -0.39 is 35.3 Å². The van der Waals surface area contributed by atoms with Crippen molar-refractivity contribution in [3.63, 3.8) is 0 Å². The third kappa shape index (κ3) is 2.91. The van der Waals surface area contributed by atoms with Crippen molar-refractivity contribution in [1.82, 2.24) is 10.2 Å². The molecule has 1 aromatic heterocycles. The molecule has 0 spiro atoms. The van der Waals surface area contributed by atoms with Crippen molar-refractivity contribution >= 4 is 11.7 Å². The molecule has 1 aliphatic carbocycles. The molecule has 0 bridgehead atoms. The van der Waals surface area contributed by atoms with E-state index in [1.807, 2.05) is 0 Å². The Balaban J connectivity index is 1.69. The van der Waals surface area contributed by atoms with Crippen LogP contribution >= 0.6 is 0 Å². The van der Waals surface area contributed by atoms with Crippen LogP contribution in [0.3, 0.4) is 0 Å². The fraction of sp³-hybridized carbons (Fsp3) is 0.286. The number of rotatable bonds is 4. The zero-order valence-electron chi connectivity index (χ0n) is 10.9. The van der Waals surface area contributed by atoms with Gasteiger partial charge in [0.2, 0.25) is 5.91 Å². The first-order chi connectivity index (χ1) is 10.0. The number of hydrogen-bond donors (Lipinski definition) is 2. The van der Waals surface area contributed by atoms with E-state index >= 15 is 0 Å². The maximum Gasteiger partial charge on any atom is 0.230 e. The summed E-state index contributed by atoms with van der Waals surface area (Å²) < 4.78 is 39.9. The van der Waals surface area contributed by atoms with Gasteiger partial charge >= 0.3 is 0 Å². The van der Waals surface area contributed by atoms with Gasteiger partial charge in [-0.15, -0.1) is 0 Å². The molecule has 1 heterocycles. The second kappa shape index (κ2) is 5.23. The third-order valence-electron chi connectivity index (χ3n) is 3.36. The van der Waals surface area contributed by atoms with Crippen molar-refractivity contribution in [1.29, 1.82) is 0 Å². The number of aromatic nitrogens is 2. The Morgan fingerprint density at radius 2 is 2.00 bits per heavy atom. The summed E-state index contributed by atoms with van der Waals surface area (Å²) in [6.07, 6.45) is 1.56. The SMILES string of the molecule is O=C(Cc1c(F)ccc(F)c1F)Nc1cc(C2CC2)[nH]n1. The zero-order valence-corrected chi connectivity index (χ0v) is 10.9. The highest BCUT2D eigenvalue weighted by molar-refractivity contribution is 5.91. The van der Waals surface area contributed by atoms with Crippen molar-refractivity contribution in [2.75, 3.05) is 5.32 Å². The summed E-state index contributed by atoms with van der Waals surface area (Å²) in [5.74, 6) is -3.40. The normalized spacial score (nSPS) is 14.2. The van der Waals surface area contributed by atoms with E-state index in [-0.39, 0.29) is 0 Å². The smallest absolute Gasteiger partial charge is 0.230 e. The average Bonchev–Trinajstić information content (AvgIpc) is 3.20. The zero-order chi connectivity index (χ0) is 15.0. The average molecular weight is 295 g/mol. The van der Waals surface area contributed by atoms with Crippen LogP contribution in [-0.2, 0) is 11.2 Å². The summed E-state index contributed by atoms with van der Waals surface area (Å²) in [7, 11) is 0. The monoisotopic (exact) mass is 295 g/mol. The topological polar surface area (TPSA) is 57.8 Å². The van der Waals surface area contributed by atoms with Crippen LogP contribution in [0.25, 0.3) is 0 Å². The molecule has 1 aliphatic rings. The van der Waals surface area contributed by atoms with E-state index in [0.29, 0.717) is 17.8 Å². The lowest BCUT2D eigenvalue weighted by Crippen LogP contribution is -2.17. The summed E-state index contributed by atoms with van der Waals surface area (Å²) in [5.41, 5.74) is 0.332. The minimum absolute atomic E-state index is 0.291. The molecule has 1 amide bonds. The second-order valence-electron chi connectivity index (χ2n) is 5.03. The molecule has 7 heteroatoms. The fourth-order valence-corrected chi connectivity index (χ4v) is 2.08. The molecule has 4 nitrogen and oxygen atoms in total. The maximum absolute atomic E-state index is 13.5. The van der Waals surface area contributed by atoms with Gasteiger partial charge in [0.05, 0.1) is 6.42 Å². The Bertz CT molecular complexity index is 695. The van der Waals surface area contributed by atoms with Gasteiger partial charge in [-0.25, -0.2) is 13.2 Å². The van der Waals surface area contributed by atoms with Gasteiger partial charge in [-0.3, -0.25) is 9.89 Å². The number of nitrogens with zero attached hydrogens (tertiary/aromatic N) is 1. The largest absolute Gasteiger partial charge is 0.309 e. The number of anilines is 1. The Hall–Kier alpha value is -2.31. The van der Waals surface area contributed by atoms with Crippen molar-refractivity contribution < 1.29 is 18.0 Å². The number of halogens is 3. The van der Waals surface area contributed by atoms with Crippen LogP contribution in [-0.4, -0.2) is 16.1 Å². The first-order valence-electron chi connectivity index (χ1n) is 6.52. The van der Waals surface area contributed by atoms with Crippen LogP contribution in [0, 0.1) is 17.5 Å². The quantitative estimate of drug-likeness (QED) is 0.852. The number of hydrogen-bond acceptors (Lipinski definition) is 2. The third-order valence-corrected chi connectivity index (χ3v) is 3.36. The minimum Gasteiger partial charge on any atom is -0.309 e. The summed E-state index contributed by atoms with van der Waals surface area (Å²) in [5, 5.41) is 9.13. The van der Waals surface area contributed by atoms with Crippen molar-refractivity contribution in [2.24, 2.45) is 0 Å². The van der Waals surface area contributed by atoms with Crippen LogP contribution in [0.4, 0.5) is 19.0 Å². The highest BCUT2D eigenvalue weighted by atomic mass is 19.2. The predicted octanol–water partition coefficient (Wildman–Crippen LogP) is 2.89. The standard InChI is InChI=1S/C14H12F3N3O/c15-9-3-4-10(16)14(17)8(9)5-13(21)18-12-6-11(19-20-12)7-1-2-7/h3-4,6-7H,1-2,5H2,(H2,18,19,20,21). The highest BCUT2D eigenvalue weighted by Crippen LogP contribution is 2.39. The minimum atomic E-state index is -1.34. The van der Waals surface area contributed by atoms with E-state index in [1.54, 1.807) is 6.07 Å².